The zero-order valence-electron chi connectivity index (χ0n) is 19.4. The van der Waals surface area contributed by atoms with Gasteiger partial charge in [0, 0.05) is 5.56 Å². The molecule has 0 bridgehead atoms. The van der Waals surface area contributed by atoms with Gasteiger partial charge in [-0.1, -0.05) is 41.7 Å². The number of anilines is 1. The molecule has 1 saturated heterocycles. The topological polar surface area (TPSA) is 102 Å². The highest BCUT2D eigenvalue weighted by Crippen LogP contribution is 2.43. The number of ketones is 1. The SMILES string of the molecule is COc1ccc(/C(O)=C2/C(=O)C(=O)N(c3nnc(C)s3)C2c2cccc(Oc3ccccc3)c2)cc1. The zero-order chi connectivity index (χ0) is 25.2. The summed E-state index contributed by atoms with van der Waals surface area (Å²) in [5, 5.41) is 20.3. The summed E-state index contributed by atoms with van der Waals surface area (Å²) in [4.78, 5) is 27.8. The van der Waals surface area contributed by atoms with Crippen molar-refractivity contribution in [2.24, 2.45) is 0 Å². The molecule has 4 aromatic rings. The normalized spacial score (nSPS) is 16.8. The van der Waals surface area contributed by atoms with E-state index in [4.69, 9.17) is 9.47 Å². The Balaban J connectivity index is 1.64. The van der Waals surface area contributed by atoms with Crippen LogP contribution in [0.5, 0.6) is 17.2 Å². The summed E-state index contributed by atoms with van der Waals surface area (Å²) in [5.41, 5.74) is 0.907. The fourth-order valence-corrected chi connectivity index (χ4v) is 4.72. The third kappa shape index (κ3) is 4.32. The van der Waals surface area contributed by atoms with Gasteiger partial charge in [0.1, 0.15) is 28.0 Å². The quantitative estimate of drug-likeness (QED) is 0.219. The fourth-order valence-electron chi connectivity index (χ4n) is 4.01. The Morgan fingerprint density at radius 2 is 1.64 bits per heavy atom. The number of amides is 1. The third-order valence-corrected chi connectivity index (χ3v) is 6.52. The summed E-state index contributed by atoms with van der Waals surface area (Å²) in [7, 11) is 1.54. The van der Waals surface area contributed by atoms with Crippen molar-refractivity contribution in [3.63, 3.8) is 0 Å². The highest BCUT2D eigenvalue weighted by Gasteiger charge is 2.48. The van der Waals surface area contributed by atoms with E-state index in [0.717, 1.165) is 0 Å². The summed E-state index contributed by atoms with van der Waals surface area (Å²) in [5.74, 6) is -0.141. The van der Waals surface area contributed by atoms with Crippen molar-refractivity contribution in [3.8, 4) is 17.2 Å². The van der Waals surface area contributed by atoms with Gasteiger partial charge >= 0.3 is 5.91 Å². The predicted molar refractivity (Wildman–Crippen MR) is 135 cm³/mol. The Morgan fingerprint density at radius 1 is 0.917 bits per heavy atom. The van der Waals surface area contributed by atoms with Gasteiger partial charge in [0.15, 0.2) is 0 Å². The Kier molecular flexibility index (Phi) is 6.22. The molecule has 2 heterocycles. The lowest BCUT2D eigenvalue weighted by molar-refractivity contribution is -0.132. The lowest BCUT2D eigenvalue weighted by Crippen LogP contribution is -2.29. The molecule has 8 nitrogen and oxygen atoms in total. The molecule has 1 atom stereocenters. The fraction of sp³-hybridized carbons (Fsp3) is 0.111. The first-order chi connectivity index (χ1) is 17.5. The zero-order valence-corrected chi connectivity index (χ0v) is 20.2. The number of hydrogen-bond acceptors (Lipinski definition) is 8. The van der Waals surface area contributed by atoms with Crippen molar-refractivity contribution in [2.45, 2.75) is 13.0 Å². The molecule has 1 aliphatic rings. The van der Waals surface area contributed by atoms with Crippen molar-refractivity contribution < 1.29 is 24.2 Å². The summed E-state index contributed by atoms with van der Waals surface area (Å²) in [6.07, 6.45) is 0. The minimum Gasteiger partial charge on any atom is -0.507 e. The number of aliphatic hydroxyl groups excluding tert-OH is 1. The predicted octanol–water partition coefficient (Wildman–Crippen LogP) is 5.27. The van der Waals surface area contributed by atoms with Gasteiger partial charge in [-0.15, -0.1) is 10.2 Å². The van der Waals surface area contributed by atoms with Crippen LogP contribution in [0.25, 0.3) is 5.76 Å². The van der Waals surface area contributed by atoms with E-state index >= 15 is 0 Å². The van der Waals surface area contributed by atoms with Gasteiger partial charge in [-0.05, 0) is 61.0 Å². The van der Waals surface area contributed by atoms with Gasteiger partial charge in [-0.2, -0.15) is 0 Å². The van der Waals surface area contributed by atoms with Crippen molar-refractivity contribution in [1.82, 2.24) is 10.2 Å². The first kappa shape index (κ1) is 23.3. The van der Waals surface area contributed by atoms with Crippen molar-refractivity contribution in [1.29, 1.82) is 0 Å². The molecule has 1 N–H and O–H groups in total. The number of aliphatic hydroxyl groups is 1. The number of ether oxygens (including phenoxy) is 2. The van der Waals surface area contributed by atoms with E-state index in [1.165, 1.54) is 23.3 Å². The lowest BCUT2D eigenvalue weighted by atomic mass is 9.95. The van der Waals surface area contributed by atoms with Crippen molar-refractivity contribution in [2.75, 3.05) is 12.0 Å². The van der Waals surface area contributed by atoms with Crippen LogP contribution in [0, 0.1) is 6.92 Å². The number of hydrogen-bond donors (Lipinski definition) is 1. The molecule has 3 aromatic carbocycles. The van der Waals surface area contributed by atoms with Gasteiger partial charge in [0.25, 0.3) is 5.78 Å². The minimum absolute atomic E-state index is 0.0464. The van der Waals surface area contributed by atoms with Crippen LogP contribution in [0.1, 0.15) is 22.2 Å². The molecule has 0 aliphatic carbocycles. The second kappa shape index (κ2) is 9.63. The standard InChI is InChI=1S/C27H21N3O5S/c1-16-28-29-27(36-16)30-23(18-7-6-10-21(15-18)35-20-8-4-3-5-9-20)22(25(32)26(30)33)24(31)17-11-13-19(34-2)14-12-17/h3-15,23,31H,1-2H3/b24-22-. The van der Waals surface area contributed by atoms with Gasteiger partial charge in [-0.25, -0.2) is 0 Å². The summed E-state index contributed by atoms with van der Waals surface area (Å²) in [6.45, 7) is 1.76. The Morgan fingerprint density at radius 3 is 2.31 bits per heavy atom. The average Bonchev–Trinajstić information content (AvgIpc) is 3.44. The van der Waals surface area contributed by atoms with E-state index in [9.17, 15) is 14.7 Å². The second-order valence-corrected chi connectivity index (χ2v) is 9.15. The van der Waals surface area contributed by atoms with E-state index in [2.05, 4.69) is 10.2 Å². The molecule has 9 heteroatoms. The maximum Gasteiger partial charge on any atom is 0.301 e. The summed E-state index contributed by atoms with van der Waals surface area (Å²) >= 11 is 1.19. The van der Waals surface area contributed by atoms with Crippen LogP contribution in [0.3, 0.4) is 0 Å². The highest BCUT2D eigenvalue weighted by molar-refractivity contribution is 7.15. The summed E-state index contributed by atoms with van der Waals surface area (Å²) < 4.78 is 11.2. The van der Waals surface area contributed by atoms with Crippen LogP contribution < -0.4 is 14.4 Å². The van der Waals surface area contributed by atoms with Crippen LogP contribution in [-0.4, -0.2) is 34.1 Å². The third-order valence-electron chi connectivity index (χ3n) is 5.68. The van der Waals surface area contributed by atoms with Gasteiger partial charge in [0.05, 0.1) is 18.7 Å². The molecule has 1 fully saturated rings. The molecule has 1 unspecified atom stereocenters. The number of rotatable bonds is 6. The van der Waals surface area contributed by atoms with E-state index in [0.29, 0.717) is 33.4 Å². The number of Topliss-reactive ketones (excluding diaryl/α,β-unsaturated/α-hetero) is 1. The largest absolute Gasteiger partial charge is 0.507 e. The average molecular weight is 500 g/mol. The van der Waals surface area contributed by atoms with E-state index < -0.39 is 17.7 Å². The number of nitrogens with zero attached hydrogens (tertiary/aromatic N) is 3. The Bertz CT molecular complexity index is 1460. The van der Waals surface area contributed by atoms with Gasteiger partial charge < -0.3 is 14.6 Å². The maximum absolute atomic E-state index is 13.3. The first-order valence-electron chi connectivity index (χ1n) is 11.0. The number of carbonyl (C=O) groups is 2. The molecule has 5 rings (SSSR count). The lowest BCUT2D eigenvalue weighted by Gasteiger charge is -2.23. The smallest absolute Gasteiger partial charge is 0.301 e. The molecule has 1 amide bonds. The number of carbonyl (C=O) groups excluding carboxylic acids is 2. The Labute approximate surface area is 211 Å². The molecule has 0 radical (unpaired) electrons. The van der Waals surface area contributed by atoms with Crippen LogP contribution >= 0.6 is 11.3 Å². The molecule has 36 heavy (non-hydrogen) atoms. The van der Waals surface area contributed by atoms with Crippen molar-refractivity contribution >= 4 is 33.9 Å². The molecule has 0 spiro atoms. The molecular formula is C27H21N3O5S. The maximum atomic E-state index is 13.3. The number of aryl methyl sites for hydroxylation is 1. The second-order valence-electron chi connectivity index (χ2n) is 7.99. The minimum atomic E-state index is -0.932. The molecule has 1 aliphatic heterocycles. The van der Waals surface area contributed by atoms with E-state index in [-0.39, 0.29) is 16.5 Å². The number of para-hydroxylation sites is 1. The van der Waals surface area contributed by atoms with Gasteiger partial charge in [0.2, 0.25) is 5.13 Å². The molecule has 0 saturated carbocycles. The van der Waals surface area contributed by atoms with E-state index in [1.54, 1.807) is 55.5 Å². The summed E-state index contributed by atoms with van der Waals surface area (Å²) in [6, 6.07) is 22.0. The number of aromatic nitrogens is 2. The molecular weight excluding hydrogens is 478 g/mol. The number of methoxy groups -OCH3 is 1. The van der Waals surface area contributed by atoms with Crippen LogP contribution in [-0.2, 0) is 9.59 Å². The highest BCUT2D eigenvalue weighted by atomic mass is 32.1. The van der Waals surface area contributed by atoms with Crippen LogP contribution in [0.2, 0.25) is 0 Å². The van der Waals surface area contributed by atoms with E-state index in [1.807, 2.05) is 30.3 Å². The Hall–Kier alpha value is -4.50. The van der Waals surface area contributed by atoms with Gasteiger partial charge in [-0.3, -0.25) is 14.5 Å². The van der Waals surface area contributed by atoms with Crippen molar-refractivity contribution in [3.05, 3.63) is 101 Å². The first-order valence-corrected chi connectivity index (χ1v) is 11.9. The molecule has 180 valence electrons. The number of benzene rings is 3. The van der Waals surface area contributed by atoms with Crippen LogP contribution in [0.15, 0.2) is 84.4 Å². The molecule has 1 aromatic heterocycles. The monoisotopic (exact) mass is 499 g/mol. The van der Waals surface area contributed by atoms with Crippen LogP contribution in [0.4, 0.5) is 5.13 Å².